The van der Waals surface area contributed by atoms with Crippen molar-refractivity contribution in [3.05, 3.63) is 83.2 Å². The third-order valence-corrected chi connectivity index (χ3v) is 6.33. The fraction of sp³-hybridized carbons (Fsp3) is 0.355. The summed E-state index contributed by atoms with van der Waals surface area (Å²) >= 11 is 0. The third-order valence-electron chi connectivity index (χ3n) is 6.33. The van der Waals surface area contributed by atoms with Crippen molar-refractivity contribution in [3.63, 3.8) is 0 Å². The maximum absolute atomic E-state index is 13.7. The first-order chi connectivity index (χ1) is 17.3. The molecule has 194 valence electrons. The molecule has 4 rings (SSSR count). The van der Waals surface area contributed by atoms with Gasteiger partial charge in [-0.3, -0.25) is 9.59 Å². The van der Waals surface area contributed by atoms with Crippen LogP contribution in [0.4, 0.5) is 4.39 Å². The van der Waals surface area contributed by atoms with Gasteiger partial charge < -0.3 is 15.0 Å². The summed E-state index contributed by atoms with van der Waals surface area (Å²) in [6.45, 7) is 12.0. The Morgan fingerprint density at radius 2 is 1.59 bits per heavy atom. The van der Waals surface area contributed by atoms with Crippen LogP contribution in [-0.2, 0) is 26.3 Å². The van der Waals surface area contributed by atoms with Crippen molar-refractivity contribution in [1.82, 2.24) is 10.3 Å². The lowest BCUT2D eigenvalue weighted by Gasteiger charge is -2.28. The Hall–Kier alpha value is -3.67. The van der Waals surface area contributed by atoms with Gasteiger partial charge in [0.15, 0.2) is 0 Å². The number of benzene rings is 3. The number of amides is 1. The molecule has 0 spiro atoms. The van der Waals surface area contributed by atoms with Crippen LogP contribution in [0.5, 0.6) is 0 Å². The standard InChI is InChI=1S/C31H35FN2O3/c1-30(2,3)27-22(15-16-23-21-9-7-8-10-25(21)34-28(23)27)24(17-26(35)37-31(4,5)6)29(36)33-18-19-11-13-20(32)14-12-19/h7-16,24,34H,17-18H2,1-6H3,(H,33,36). The van der Waals surface area contributed by atoms with E-state index >= 15 is 0 Å². The van der Waals surface area contributed by atoms with Crippen LogP contribution in [0.15, 0.2) is 60.7 Å². The fourth-order valence-corrected chi connectivity index (χ4v) is 4.84. The number of ether oxygens (including phenoxy) is 1. The number of para-hydroxylation sites is 1. The van der Waals surface area contributed by atoms with E-state index in [1.165, 1.54) is 12.1 Å². The molecule has 6 heteroatoms. The topological polar surface area (TPSA) is 71.2 Å². The van der Waals surface area contributed by atoms with Gasteiger partial charge in [-0.25, -0.2) is 4.39 Å². The number of hydrogen-bond acceptors (Lipinski definition) is 3. The minimum Gasteiger partial charge on any atom is -0.460 e. The van der Waals surface area contributed by atoms with Gasteiger partial charge in [0.25, 0.3) is 0 Å². The Bertz CT molecular complexity index is 1440. The van der Waals surface area contributed by atoms with Crippen molar-refractivity contribution in [2.45, 2.75) is 71.4 Å². The molecule has 0 aliphatic rings. The highest BCUT2D eigenvalue weighted by Gasteiger charge is 2.33. The van der Waals surface area contributed by atoms with E-state index < -0.39 is 17.5 Å². The highest BCUT2D eigenvalue weighted by atomic mass is 19.1. The SMILES string of the molecule is CC(C)(C)OC(=O)CC(C(=O)NCc1ccc(F)cc1)c1ccc2c([nH]c3ccccc32)c1C(C)(C)C. The Kier molecular flexibility index (Phi) is 7.13. The van der Waals surface area contributed by atoms with E-state index in [4.69, 9.17) is 4.74 Å². The van der Waals surface area contributed by atoms with Crippen LogP contribution in [-0.4, -0.2) is 22.5 Å². The van der Waals surface area contributed by atoms with E-state index in [1.54, 1.807) is 12.1 Å². The molecule has 2 N–H and O–H groups in total. The molecule has 0 fully saturated rings. The number of halogens is 1. The first kappa shape index (κ1) is 26.4. The number of aromatic nitrogens is 1. The maximum atomic E-state index is 13.7. The van der Waals surface area contributed by atoms with Gasteiger partial charge in [-0.2, -0.15) is 0 Å². The van der Waals surface area contributed by atoms with E-state index in [2.05, 4.69) is 37.1 Å². The Labute approximate surface area is 217 Å². The molecule has 3 aromatic carbocycles. The minimum atomic E-state index is -0.764. The summed E-state index contributed by atoms with van der Waals surface area (Å²) in [6.07, 6.45) is -0.0959. The van der Waals surface area contributed by atoms with Gasteiger partial charge in [-0.15, -0.1) is 0 Å². The molecular formula is C31H35FN2O3. The summed E-state index contributed by atoms with van der Waals surface area (Å²) in [6, 6.07) is 18.1. The number of H-pyrrole nitrogens is 1. The van der Waals surface area contributed by atoms with Crippen molar-refractivity contribution < 1.29 is 18.7 Å². The molecule has 1 aromatic heterocycles. The number of carbonyl (C=O) groups excluding carboxylic acids is 2. The van der Waals surface area contributed by atoms with Crippen molar-refractivity contribution in [1.29, 1.82) is 0 Å². The van der Waals surface area contributed by atoms with Crippen molar-refractivity contribution in [2.24, 2.45) is 0 Å². The van der Waals surface area contributed by atoms with Gasteiger partial charge in [0.05, 0.1) is 17.9 Å². The Morgan fingerprint density at radius 3 is 2.24 bits per heavy atom. The van der Waals surface area contributed by atoms with E-state index in [0.29, 0.717) is 0 Å². The monoisotopic (exact) mass is 502 g/mol. The molecule has 0 radical (unpaired) electrons. The number of carbonyl (C=O) groups is 2. The van der Waals surface area contributed by atoms with Gasteiger partial charge >= 0.3 is 5.97 Å². The number of hydrogen-bond donors (Lipinski definition) is 2. The molecule has 1 amide bonds. The summed E-state index contributed by atoms with van der Waals surface area (Å²) in [5, 5.41) is 5.15. The quantitative estimate of drug-likeness (QED) is 0.282. The molecule has 0 bridgehead atoms. The van der Waals surface area contributed by atoms with Gasteiger partial charge in [0, 0.05) is 22.8 Å². The first-order valence-corrected chi connectivity index (χ1v) is 12.6. The zero-order valence-corrected chi connectivity index (χ0v) is 22.4. The highest BCUT2D eigenvalue weighted by molar-refractivity contribution is 6.09. The van der Waals surface area contributed by atoms with Crippen LogP contribution in [0, 0.1) is 5.82 Å². The van der Waals surface area contributed by atoms with E-state index in [0.717, 1.165) is 38.5 Å². The fourth-order valence-electron chi connectivity index (χ4n) is 4.84. The number of rotatable bonds is 6. The lowest BCUT2D eigenvalue weighted by atomic mass is 9.77. The van der Waals surface area contributed by atoms with Crippen LogP contribution in [0.25, 0.3) is 21.8 Å². The van der Waals surface area contributed by atoms with Gasteiger partial charge in [0.2, 0.25) is 5.91 Å². The second-order valence-electron chi connectivity index (χ2n) is 11.6. The highest BCUT2D eigenvalue weighted by Crippen LogP contribution is 2.40. The first-order valence-electron chi connectivity index (χ1n) is 12.6. The van der Waals surface area contributed by atoms with Crippen LogP contribution in [0.2, 0.25) is 0 Å². The summed E-state index contributed by atoms with van der Waals surface area (Å²) in [4.78, 5) is 30.2. The van der Waals surface area contributed by atoms with Crippen molar-refractivity contribution >= 4 is 33.7 Å². The second kappa shape index (κ2) is 10.0. The number of nitrogens with one attached hydrogen (secondary N) is 2. The zero-order valence-electron chi connectivity index (χ0n) is 22.4. The molecule has 0 aliphatic carbocycles. The molecular weight excluding hydrogens is 467 g/mol. The second-order valence-corrected chi connectivity index (χ2v) is 11.6. The maximum Gasteiger partial charge on any atom is 0.307 e. The predicted octanol–water partition coefficient (Wildman–Crippen LogP) is 6.89. The minimum absolute atomic E-state index is 0.0959. The summed E-state index contributed by atoms with van der Waals surface area (Å²) < 4.78 is 18.9. The largest absolute Gasteiger partial charge is 0.460 e. The molecule has 1 atom stereocenters. The van der Waals surface area contributed by atoms with Gasteiger partial charge in [-0.1, -0.05) is 63.2 Å². The van der Waals surface area contributed by atoms with Gasteiger partial charge in [0.1, 0.15) is 11.4 Å². The van der Waals surface area contributed by atoms with Crippen molar-refractivity contribution in [3.8, 4) is 0 Å². The summed E-state index contributed by atoms with van der Waals surface area (Å²) in [5.41, 5.74) is 3.55. The molecule has 0 saturated carbocycles. The van der Waals surface area contributed by atoms with E-state index in [-0.39, 0.29) is 30.1 Å². The lowest BCUT2D eigenvalue weighted by Crippen LogP contribution is -2.34. The van der Waals surface area contributed by atoms with E-state index in [1.807, 2.05) is 51.1 Å². The van der Waals surface area contributed by atoms with Crippen molar-refractivity contribution in [2.75, 3.05) is 0 Å². The number of aromatic amines is 1. The molecule has 0 aliphatic heterocycles. The third kappa shape index (κ3) is 6.01. The lowest BCUT2D eigenvalue weighted by molar-refractivity contribution is -0.156. The van der Waals surface area contributed by atoms with Gasteiger partial charge in [-0.05, 0) is 61.1 Å². The normalized spacial score (nSPS) is 13.1. The molecule has 5 nitrogen and oxygen atoms in total. The molecule has 0 saturated heterocycles. The number of fused-ring (bicyclic) bond motifs is 3. The Morgan fingerprint density at radius 1 is 0.919 bits per heavy atom. The van der Waals surface area contributed by atoms with Crippen LogP contribution >= 0.6 is 0 Å². The summed E-state index contributed by atoms with van der Waals surface area (Å²) in [5.74, 6) is -1.82. The van der Waals surface area contributed by atoms with E-state index in [9.17, 15) is 14.0 Å². The Balaban J connectivity index is 1.79. The van der Waals surface area contributed by atoms with Crippen LogP contribution in [0.3, 0.4) is 0 Å². The van der Waals surface area contributed by atoms with Crippen LogP contribution in [0.1, 0.15) is 70.6 Å². The molecule has 1 unspecified atom stereocenters. The average Bonchev–Trinajstić information content (AvgIpc) is 3.18. The summed E-state index contributed by atoms with van der Waals surface area (Å²) in [7, 11) is 0. The molecule has 4 aromatic rings. The molecule has 37 heavy (non-hydrogen) atoms. The predicted molar refractivity (Wildman–Crippen MR) is 146 cm³/mol. The smallest absolute Gasteiger partial charge is 0.307 e. The molecule has 1 heterocycles. The van der Waals surface area contributed by atoms with Crippen LogP contribution < -0.4 is 5.32 Å². The number of esters is 1. The average molecular weight is 503 g/mol. The zero-order chi connectivity index (χ0) is 27.0.